The van der Waals surface area contributed by atoms with Crippen LogP contribution in [0.2, 0.25) is 0 Å². The van der Waals surface area contributed by atoms with E-state index in [0.717, 1.165) is 25.7 Å². The Balaban J connectivity index is 2.19. The Hall–Kier alpha value is -0.920. The normalized spacial score (nSPS) is 17.8. The molecule has 0 heterocycles. The maximum absolute atomic E-state index is 12.5. The Morgan fingerprint density at radius 2 is 2.05 bits per heavy atom. The number of nitrogens with one attached hydrogen (secondary N) is 1. The number of sulfonamides is 1. The lowest BCUT2D eigenvalue weighted by Gasteiger charge is -2.27. The summed E-state index contributed by atoms with van der Waals surface area (Å²) in [6, 6.07) is 4.57. The summed E-state index contributed by atoms with van der Waals surface area (Å²) >= 11 is 1.75. The molecule has 3 N–H and O–H groups in total. The van der Waals surface area contributed by atoms with Crippen molar-refractivity contribution >= 4 is 27.5 Å². The fraction of sp³-hybridized carbons (Fsp3) is 0.571. The van der Waals surface area contributed by atoms with Gasteiger partial charge in [0.25, 0.3) is 0 Å². The SMILES string of the molecule is COc1cc(N)ccc1S(=O)(=O)NCC1(SC)CCCC1. The predicted molar refractivity (Wildman–Crippen MR) is 87.3 cm³/mol. The van der Waals surface area contributed by atoms with Crippen LogP contribution >= 0.6 is 11.8 Å². The van der Waals surface area contributed by atoms with Crippen molar-refractivity contribution in [3.63, 3.8) is 0 Å². The number of nitrogen functional groups attached to an aromatic ring is 1. The van der Waals surface area contributed by atoms with Gasteiger partial charge in [0.2, 0.25) is 10.0 Å². The Labute approximate surface area is 130 Å². The summed E-state index contributed by atoms with van der Waals surface area (Å²) in [6.45, 7) is 0.448. The van der Waals surface area contributed by atoms with Gasteiger partial charge in [0.1, 0.15) is 10.6 Å². The van der Waals surface area contributed by atoms with Crippen molar-refractivity contribution in [2.45, 2.75) is 35.3 Å². The fourth-order valence-electron chi connectivity index (χ4n) is 2.68. The topological polar surface area (TPSA) is 81.4 Å². The van der Waals surface area contributed by atoms with Gasteiger partial charge in [0.15, 0.2) is 0 Å². The molecule has 0 radical (unpaired) electrons. The van der Waals surface area contributed by atoms with Crippen LogP contribution in [-0.2, 0) is 10.0 Å². The number of nitrogens with two attached hydrogens (primary N) is 1. The third-order valence-corrected chi connectivity index (χ3v) is 6.87. The highest BCUT2D eigenvalue weighted by Crippen LogP contribution is 2.40. The summed E-state index contributed by atoms with van der Waals surface area (Å²) in [5.74, 6) is 0.270. The summed E-state index contributed by atoms with van der Waals surface area (Å²) in [6.07, 6.45) is 6.47. The molecule has 1 aliphatic carbocycles. The minimum atomic E-state index is -3.60. The second kappa shape index (κ2) is 6.46. The molecule has 1 fully saturated rings. The molecule has 0 bridgehead atoms. The van der Waals surface area contributed by atoms with Crippen LogP contribution < -0.4 is 15.2 Å². The summed E-state index contributed by atoms with van der Waals surface area (Å²) < 4.78 is 32.9. The minimum Gasteiger partial charge on any atom is -0.495 e. The molecular weight excluding hydrogens is 308 g/mol. The van der Waals surface area contributed by atoms with Gasteiger partial charge in [-0.3, -0.25) is 0 Å². The lowest BCUT2D eigenvalue weighted by molar-refractivity contribution is 0.402. The third-order valence-electron chi connectivity index (χ3n) is 4.01. The Bertz CT molecular complexity index is 596. The van der Waals surface area contributed by atoms with E-state index in [1.54, 1.807) is 17.8 Å². The Kier molecular flexibility index (Phi) is 5.06. The summed E-state index contributed by atoms with van der Waals surface area (Å²) in [5, 5.41) is 0. The smallest absolute Gasteiger partial charge is 0.244 e. The summed E-state index contributed by atoms with van der Waals surface area (Å²) in [7, 11) is -2.16. The number of hydrogen-bond donors (Lipinski definition) is 2. The van der Waals surface area contributed by atoms with Gasteiger partial charge in [-0.1, -0.05) is 12.8 Å². The van der Waals surface area contributed by atoms with Gasteiger partial charge in [0, 0.05) is 23.0 Å². The zero-order valence-electron chi connectivity index (χ0n) is 12.4. The molecule has 0 aliphatic heterocycles. The number of methoxy groups -OCH3 is 1. The number of anilines is 1. The Morgan fingerprint density at radius 1 is 1.38 bits per heavy atom. The molecule has 7 heteroatoms. The van der Waals surface area contributed by atoms with Crippen LogP contribution in [0.25, 0.3) is 0 Å². The molecule has 118 valence electrons. The van der Waals surface area contributed by atoms with Gasteiger partial charge in [-0.2, -0.15) is 11.8 Å². The van der Waals surface area contributed by atoms with E-state index in [2.05, 4.69) is 4.72 Å². The monoisotopic (exact) mass is 330 g/mol. The van der Waals surface area contributed by atoms with Gasteiger partial charge in [-0.05, 0) is 31.2 Å². The van der Waals surface area contributed by atoms with E-state index in [-0.39, 0.29) is 15.4 Å². The molecule has 0 unspecified atom stereocenters. The van der Waals surface area contributed by atoms with Crippen LogP contribution in [0.5, 0.6) is 5.75 Å². The van der Waals surface area contributed by atoms with E-state index in [0.29, 0.717) is 12.2 Å². The van der Waals surface area contributed by atoms with Crippen molar-refractivity contribution in [2.75, 3.05) is 25.6 Å². The van der Waals surface area contributed by atoms with Gasteiger partial charge < -0.3 is 10.5 Å². The second-order valence-corrected chi connectivity index (χ2v) is 8.34. The van der Waals surface area contributed by atoms with Crippen molar-refractivity contribution < 1.29 is 13.2 Å². The highest BCUT2D eigenvalue weighted by atomic mass is 32.2. The molecule has 1 saturated carbocycles. The maximum atomic E-state index is 12.5. The zero-order valence-corrected chi connectivity index (χ0v) is 14.0. The van der Waals surface area contributed by atoms with Crippen LogP contribution in [-0.4, -0.2) is 33.1 Å². The molecular formula is C14H22N2O3S2. The third kappa shape index (κ3) is 3.64. The standard InChI is InChI=1S/C14H22N2O3S2/c1-19-12-9-11(15)5-6-13(12)21(17,18)16-10-14(20-2)7-3-4-8-14/h5-6,9,16H,3-4,7-8,10,15H2,1-2H3. The average Bonchev–Trinajstić information content (AvgIpc) is 2.94. The van der Waals surface area contributed by atoms with Crippen molar-refractivity contribution in [2.24, 2.45) is 0 Å². The quantitative estimate of drug-likeness (QED) is 0.782. The molecule has 2 rings (SSSR count). The summed E-state index contributed by atoms with van der Waals surface area (Å²) in [4.78, 5) is 0.133. The first-order chi connectivity index (χ1) is 9.92. The highest BCUT2D eigenvalue weighted by molar-refractivity contribution is 8.00. The average molecular weight is 330 g/mol. The molecule has 21 heavy (non-hydrogen) atoms. The zero-order chi connectivity index (χ0) is 15.5. The van der Waals surface area contributed by atoms with Crippen LogP contribution in [0.15, 0.2) is 23.1 Å². The van der Waals surface area contributed by atoms with Crippen molar-refractivity contribution in [3.05, 3.63) is 18.2 Å². The van der Waals surface area contributed by atoms with E-state index < -0.39 is 10.0 Å². The number of ether oxygens (including phenoxy) is 1. The van der Waals surface area contributed by atoms with Crippen LogP contribution in [0.1, 0.15) is 25.7 Å². The molecule has 0 atom stereocenters. The van der Waals surface area contributed by atoms with Crippen LogP contribution in [0, 0.1) is 0 Å². The first-order valence-electron chi connectivity index (χ1n) is 6.91. The lowest BCUT2D eigenvalue weighted by atomic mass is 10.1. The number of rotatable bonds is 6. The Morgan fingerprint density at radius 3 is 2.62 bits per heavy atom. The maximum Gasteiger partial charge on any atom is 0.244 e. The van der Waals surface area contributed by atoms with E-state index in [9.17, 15) is 8.42 Å². The second-order valence-electron chi connectivity index (χ2n) is 5.33. The fourth-order valence-corrected chi connectivity index (χ4v) is 4.96. The molecule has 5 nitrogen and oxygen atoms in total. The molecule has 0 amide bonds. The number of hydrogen-bond acceptors (Lipinski definition) is 5. The van der Waals surface area contributed by atoms with Crippen molar-refractivity contribution in [3.8, 4) is 5.75 Å². The van der Waals surface area contributed by atoms with Crippen LogP contribution in [0.4, 0.5) is 5.69 Å². The minimum absolute atomic E-state index is 0.0219. The van der Waals surface area contributed by atoms with Gasteiger partial charge in [-0.25, -0.2) is 13.1 Å². The van der Waals surface area contributed by atoms with Crippen molar-refractivity contribution in [1.82, 2.24) is 4.72 Å². The number of benzene rings is 1. The van der Waals surface area contributed by atoms with Gasteiger partial charge in [-0.15, -0.1) is 0 Å². The first-order valence-corrected chi connectivity index (χ1v) is 9.62. The molecule has 0 aromatic heterocycles. The van der Waals surface area contributed by atoms with Gasteiger partial charge in [0.05, 0.1) is 7.11 Å². The predicted octanol–water partition coefficient (Wildman–Crippen LogP) is 2.23. The highest BCUT2D eigenvalue weighted by Gasteiger charge is 2.34. The molecule has 0 saturated heterocycles. The molecule has 1 aromatic carbocycles. The molecule has 1 aliphatic rings. The molecule has 1 aromatic rings. The van der Waals surface area contributed by atoms with E-state index in [1.807, 2.05) is 6.26 Å². The molecule has 0 spiro atoms. The lowest BCUT2D eigenvalue weighted by Crippen LogP contribution is -2.38. The van der Waals surface area contributed by atoms with E-state index >= 15 is 0 Å². The van der Waals surface area contributed by atoms with Crippen molar-refractivity contribution in [1.29, 1.82) is 0 Å². The van der Waals surface area contributed by atoms with E-state index in [1.165, 1.54) is 19.2 Å². The van der Waals surface area contributed by atoms with E-state index in [4.69, 9.17) is 10.5 Å². The largest absolute Gasteiger partial charge is 0.495 e. The summed E-state index contributed by atoms with van der Waals surface area (Å²) in [5.41, 5.74) is 6.14. The van der Waals surface area contributed by atoms with Crippen LogP contribution in [0.3, 0.4) is 0 Å². The number of thioether (sulfide) groups is 1. The first kappa shape index (κ1) is 16.5. The van der Waals surface area contributed by atoms with Gasteiger partial charge >= 0.3 is 0 Å².